The molecule has 1 amide bonds. The summed E-state index contributed by atoms with van der Waals surface area (Å²) in [5.41, 5.74) is 3.67. The molecule has 1 aliphatic carbocycles. The highest BCUT2D eigenvalue weighted by Gasteiger charge is 2.31. The van der Waals surface area contributed by atoms with Crippen LogP contribution in [0, 0.1) is 5.92 Å². The average Bonchev–Trinajstić information content (AvgIpc) is 3.64. The number of rotatable bonds is 7. The summed E-state index contributed by atoms with van der Waals surface area (Å²) in [6, 6.07) is 19.1. The lowest BCUT2D eigenvalue weighted by molar-refractivity contribution is -0.123. The van der Waals surface area contributed by atoms with E-state index in [9.17, 15) is 4.79 Å². The number of benzene rings is 2. The first kappa shape index (κ1) is 21.6. The van der Waals surface area contributed by atoms with Crippen LogP contribution in [-0.2, 0) is 24.3 Å². The van der Waals surface area contributed by atoms with Crippen molar-refractivity contribution in [1.29, 1.82) is 0 Å². The molecule has 0 bridgehead atoms. The van der Waals surface area contributed by atoms with Gasteiger partial charge in [0.05, 0.1) is 6.04 Å². The number of hydrogen-bond donors (Lipinski definition) is 1. The standard InChI is InChI=1S/C26H32N6O/c1-19(27-26(33)21-10-11-21)25-29-28-24-14-15-31(16-17-32(24)25)18-20-8-12-23(13-9-20)30(2)22-6-4-3-5-7-22/h3-9,12-13,19,21H,10-11,14-18H2,1-2H3,(H,27,33)/t19-/m0/s1. The Bertz CT molecular complexity index is 1090. The number of nitrogens with zero attached hydrogens (tertiary/aromatic N) is 5. The first-order valence-corrected chi connectivity index (χ1v) is 11.9. The summed E-state index contributed by atoms with van der Waals surface area (Å²) >= 11 is 0. The van der Waals surface area contributed by atoms with Crippen LogP contribution in [-0.4, -0.2) is 45.7 Å². The highest BCUT2D eigenvalue weighted by Crippen LogP contribution is 2.30. The van der Waals surface area contributed by atoms with E-state index in [4.69, 9.17) is 0 Å². The number of anilines is 2. The van der Waals surface area contributed by atoms with Gasteiger partial charge in [-0.1, -0.05) is 30.3 Å². The minimum absolute atomic E-state index is 0.111. The fourth-order valence-electron chi connectivity index (χ4n) is 4.49. The molecule has 3 aromatic rings. The molecule has 2 aliphatic rings. The number of hydrogen-bond acceptors (Lipinski definition) is 5. The summed E-state index contributed by atoms with van der Waals surface area (Å²) in [4.78, 5) is 16.8. The van der Waals surface area contributed by atoms with E-state index in [2.05, 4.69) is 85.5 Å². The first-order chi connectivity index (χ1) is 16.1. The topological polar surface area (TPSA) is 66.3 Å². The maximum atomic E-state index is 12.2. The third-order valence-corrected chi connectivity index (χ3v) is 6.71. The molecule has 0 radical (unpaired) electrons. The molecule has 172 valence electrons. The largest absolute Gasteiger partial charge is 0.346 e. The van der Waals surface area contributed by atoms with Gasteiger partial charge in [0.15, 0.2) is 5.82 Å². The van der Waals surface area contributed by atoms with Crippen molar-refractivity contribution in [2.24, 2.45) is 5.92 Å². The monoisotopic (exact) mass is 444 g/mol. The zero-order valence-electron chi connectivity index (χ0n) is 19.4. The zero-order chi connectivity index (χ0) is 22.8. The molecular formula is C26H32N6O. The number of carbonyl (C=O) groups is 1. The molecule has 1 aromatic heterocycles. The molecule has 1 fully saturated rings. The Labute approximate surface area is 195 Å². The van der Waals surface area contributed by atoms with Crippen LogP contribution in [0.3, 0.4) is 0 Å². The highest BCUT2D eigenvalue weighted by molar-refractivity contribution is 5.81. The summed E-state index contributed by atoms with van der Waals surface area (Å²) in [5.74, 6) is 2.23. The SMILES string of the molecule is C[C@H](NC(=O)C1CC1)c1nnc2n1CCN(Cc1ccc(N(C)c3ccccc3)cc1)CC2. The Balaban J connectivity index is 1.19. The van der Waals surface area contributed by atoms with E-state index in [0.29, 0.717) is 0 Å². The average molecular weight is 445 g/mol. The van der Waals surface area contributed by atoms with Gasteiger partial charge in [0.1, 0.15) is 5.82 Å². The van der Waals surface area contributed by atoms with Crippen LogP contribution in [0.2, 0.25) is 0 Å². The Morgan fingerprint density at radius 3 is 2.48 bits per heavy atom. The quantitative estimate of drug-likeness (QED) is 0.602. The minimum atomic E-state index is -0.111. The second kappa shape index (κ2) is 9.35. The molecular weight excluding hydrogens is 412 g/mol. The number of nitrogens with one attached hydrogen (secondary N) is 1. The van der Waals surface area contributed by atoms with Crippen molar-refractivity contribution in [3.8, 4) is 0 Å². The maximum Gasteiger partial charge on any atom is 0.223 e. The number of para-hydroxylation sites is 1. The molecule has 0 unspecified atom stereocenters. The second-order valence-electron chi connectivity index (χ2n) is 9.22. The third-order valence-electron chi connectivity index (χ3n) is 6.71. The van der Waals surface area contributed by atoms with Crippen molar-refractivity contribution < 1.29 is 4.79 Å². The number of amides is 1. The van der Waals surface area contributed by atoms with Gasteiger partial charge >= 0.3 is 0 Å². The Hall–Kier alpha value is -3.19. The van der Waals surface area contributed by atoms with Gasteiger partial charge in [-0.05, 0) is 49.6 Å². The smallest absolute Gasteiger partial charge is 0.223 e. The van der Waals surface area contributed by atoms with E-state index in [1.165, 1.54) is 16.9 Å². The van der Waals surface area contributed by atoms with Crippen molar-refractivity contribution in [1.82, 2.24) is 25.0 Å². The van der Waals surface area contributed by atoms with Gasteiger partial charge in [-0.25, -0.2) is 0 Å². The predicted molar refractivity (Wildman–Crippen MR) is 129 cm³/mol. The number of carbonyl (C=O) groups excluding carboxylic acids is 1. The van der Waals surface area contributed by atoms with Crippen molar-refractivity contribution in [3.05, 3.63) is 71.8 Å². The van der Waals surface area contributed by atoms with Crippen LogP contribution in [0.25, 0.3) is 0 Å². The van der Waals surface area contributed by atoms with E-state index in [-0.39, 0.29) is 17.9 Å². The van der Waals surface area contributed by atoms with Crippen LogP contribution in [0.4, 0.5) is 11.4 Å². The Morgan fingerprint density at radius 1 is 1.03 bits per heavy atom. The molecule has 7 nitrogen and oxygen atoms in total. The fourth-order valence-corrected chi connectivity index (χ4v) is 4.49. The van der Waals surface area contributed by atoms with Crippen molar-refractivity contribution >= 4 is 17.3 Å². The van der Waals surface area contributed by atoms with E-state index in [1.54, 1.807) is 0 Å². The maximum absolute atomic E-state index is 12.2. The molecule has 2 aromatic carbocycles. The predicted octanol–water partition coefficient (Wildman–Crippen LogP) is 3.69. The van der Waals surface area contributed by atoms with Gasteiger partial charge in [-0.15, -0.1) is 10.2 Å². The third kappa shape index (κ3) is 4.93. The van der Waals surface area contributed by atoms with Gasteiger partial charge in [-0.3, -0.25) is 9.69 Å². The molecule has 2 heterocycles. The van der Waals surface area contributed by atoms with E-state index < -0.39 is 0 Å². The van der Waals surface area contributed by atoms with Gasteiger partial charge in [0.25, 0.3) is 0 Å². The van der Waals surface area contributed by atoms with Gasteiger partial charge in [0, 0.05) is 56.9 Å². The Kier molecular flexibility index (Phi) is 6.13. The van der Waals surface area contributed by atoms with Crippen molar-refractivity contribution in [2.45, 2.75) is 45.3 Å². The summed E-state index contributed by atoms with van der Waals surface area (Å²) in [7, 11) is 2.10. The number of aromatic nitrogens is 3. The van der Waals surface area contributed by atoms with Gasteiger partial charge in [0.2, 0.25) is 5.91 Å². The second-order valence-corrected chi connectivity index (χ2v) is 9.22. The minimum Gasteiger partial charge on any atom is -0.346 e. The lowest BCUT2D eigenvalue weighted by atomic mass is 10.1. The van der Waals surface area contributed by atoms with Crippen LogP contribution in [0.15, 0.2) is 54.6 Å². The molecule has 1 aliphatic heterocycles. The van der Waals surface area contributed by atoms with Crippen LogP contribution < -0.4 is 10.2 Å². The first-order valence-electron chi connectivity index (χ1n) is 11.9. The van der Waals surface area contributed by atoms with Crippen LogP contribution >= 0.6 is 0 Å². The normalized spacial score (nSPS) is 17.2. The van der Waals surface area contributed by atoms with Crippen molar-refractivity contribution in [3.63, 3.8) is 0 Å². The Morgan fingerprint density at radius 2 is 1.76 bits per heavy atom. The molecule has 1 N–H and O–H groups in total. The summed E-state index contributed by atoms with van der Waals surface area (Å²) in [5, 5.41) is 12.0. The molecule has 0 spiro atoms. The molecule has 0 saturated heterocycles. The van der Waals surface area contributed by atoms with Crippen LogP contribution in [0.1, 0.15) is 43.0 Å². The molecule has 5 rings (SSSR count). The number of fused-ring (bicyclic) bond motifs is 1. The molecule has 1 atom stereocenters. The fraction of sp³-hybridized carbons (Fsp3) is 0.423. The lowest BCUT2D eigenvalue weighted by Crippen LogP contribution is -2.31. The summed E-state index contributed by atoms with van der Waals surface area (Å²) in [6.07, 6.45) is 2.88. The molecule has 1 saturated carbocycles. The highest BCUT2D eigenvalue weighted by atomic mass is 16.2. The van der Waals surface area contributed by atoms with Gasteiger partial charge in [-0.2, -0.15) is 0 Å². The van der Waals surface area contributed by atoms with E-state index >= 15 is 0 Å². The lowest BCUT2D eigenvalue weighted by Gasteiger charge is -2.22. The van der Waals surface area contributed by atoms with Gasteiger partial charge < -0.3 is 14.8 Å². The van der Waals surface area contributed by atoms with Crippen molar-refractivity contribution in [2.75, 3.05) is 25.0 Å². The summed E-state index contributed by atoms with van der Waals surface area (Å²) in [6.45, 7) is 5.65. The molecule has 7 heteroatoms. The summed E-state index contributed by atoms with van der Waals surface area (Å²) < 4.78 is 2.20. The van der Waals surface area contributed by atoms with Crippen LogP contribution in [0.5, 0.6) is 0 Å². The zero-order valence-corrected chi connectivity index (χ0v) is 19.4. The molecule has 33 heavy (non-hydrogen) atoms. The van der Waals surface area contributed by atoms with E-state index in [0.717, 1.165) is 57.1 Å². The van der Waals surface area contributed by atoms with E-state index in [1.807, 2.05) is 13.0 Å².